The highest BCUT2D eigenvalue weighted by Crippen LogP contribution is 2.19. The number of rotatable bonds is 6. The highest BCUT2D eigenvalue weighted by atomic mass is 16.2. The van der Waals surface area contributed by atoms with Crippen molar-refractivity contribution in [3.05, 3.63) is 29.3 Å². The van der Waals surface area contributed by atoms with Crippen LogP contribution in [-0.2, 0) is 9.59 Å². The number of amides is 2. The standard InChI is InChI=1S/C20H31N3O2/c1-5-17-11-6-7-12-23(17)19(25)14-22(4)13-18(24)21-20-15(2)9-8-10-16(20)3/h8-10,17H,5-7,11-14H2,1-4H3,(H,21,24)/p+1/t17-/m0/s1. The van der Waals surface area contributed by atoms with Gasteiger partial charge in [0.2, 0.25) is 0 Å². The topological polar surface area (TPSA) is 53.9 Å². The molecule has 1 unspecified atom stereocenters. The summed E-state index contributed by atoms with van der Waals surface area (Å²) in [5.74, 6) is 0.123. The quantitative estimate of drug-likeness (QED) is 0.821. The number of piperidine rings is 1. The van der Waals surface area contributed by atoms with Gasteiger partial charge in [-0.15, -0.1) is 0 Å². The summed E-state index contributed by atoms with van der Waals surface area (Å²) in [7, 11) is 1.91. The van der Waals surface area contributed by atoms with Crippen molar-refractivity contribution in [1.82, 2.24) is 4.90 Å². The minimum atomic E-state index is -0.0478. The van der Waals surface area contributed by atoms with Crippen molar-refractivity contribution >= 4 is 17.5 Å². The molecule has 5 nitrogen and oxygen atoms in total. The summed E-state index contributed by atoms with van der Waals surface area (Å²) in [4.78, 5) is 27.9. The van der Waals surface area contributed by atoms with Crippen molar-refractivity contribution in [2.45, 2.75) is 52.5 Å². The lowest BCUT2D eigenvalue weighted by atomic mass is 10.00. The summed E-state index contributed by atoms with van der Waals surface area (Å²) in [6, 6.07) is 6.34. The normalized spacial score (nSPS) is 18.7. The van der Waals surface area contributed by atoms with Crippen LogP contribution >= 0.6 is 0 Å². The van der Waals surface area contributed by atoms with Crippen molar-refractivity contribution in [1.29, 1.82) is 0 Å². The Bertz CT molecular complexity index is 595. The number of carbonyl (C=O) groups is 2. The molecule has 25 heavy (non-hydrogen) atoms. The van der Waals surface area contributed by atoms with E-state index in [2.05, 4.69) is 12.2 Å². The average Bonchev–Trinajstić information content (AvgIpc) is 2.58. The van der Waals surface area contributed by atoms with E-state index < -0.39 is 0 Å². The number of nitrogens with one attached hydrogen (secondary N) is 2. The number of likely N-dealkylation sites (N-methyl/N-ethyl adjacent to an activating group) is 1. The number of anilines is 1. The second-order valence-corrected chi connectivity index (χ2v) is 7.27. The third kappa shape index (κ3) is 5.30. The lowest BCUT2D eigenvalue weighted by molar-refractivity contribution is -0.862. The van der Waals surface area contributed by atoms with Gasteiger partial charge >= 0.3 is 0 Å². The van der Waals surface area contributed by atoms with Crippen LogP contribution in [0.3, 0.4) is 0 Å². The first kappa shape index (κ1) is 19.4. The van der Waals surface area contributed by atoms with Crippen LogP contribution in [0.25, 0.3) is 0 Å². The van der Waals surface area contributed by atoms with E-state index in [1.165, 1.54) is 6.42 Å². The Labute approximate surface area is 151 Å². The van der Waals surface area contributed by atoms with E-state index >= 15 is 0 Å². The van der Waals surface area contributed by atoms with Gasteiger partial charge in [0.05, 0.1) is 7.05 Å². The zero-order valence-electron chi connectivity index (χ0n) is 16.0. The van der Waals surface area contributed by atoms with Gasteiger partial charge in [-0.3, -0.25) is 9.59 Å². The van der Waals surface area contributed by atoms with Crippen LogP contribution in [0.4, 0.5) is 5.69 Å². The molecule has 1 aliphatic heterocycles. The molecule has 0 aliphatic carbocycles. The average molecular weight is 346 g/mol. The molecule has 2 amide bonds. The molecule has 0 aromatic heterocycles. The van der Waals surface area contributed by atoms with Crippen LogP contribution in [0.2, 0.25) is 0 Å². The molecule has 5 heteroatoms. The number of hydrogen-bond donors (Lipinski definition) is 2. The van der Waals surface area contributed by atoms with E-state index in [0.717, 1.165) is 47.5 Å². The molecular formula is C20H32N3O2+. The van der Waals surface area contributed by atoms with Crippen molar-refractivity contribution in [2.75, 3.05) is 32.0 Å². The molecule has 0 bridgehead atoms. The molecule has 2 rings (SSSR count). The molecule has 0 saturated carbocycles. The third-order valence-electron chi connectivity index (χ3n) is 5.08. The monoisotopic (exact) mass is 346 g/mol. The second kappa shape index (κ2) is 8.99. The van der Waals surface area contributed by atoms with Crippen molar-refractivity contribution in [3.8, 4) is 0 Å². The van der Waals surface area contributed by atoms with Gasteiger partial charge in [-0.1, -0.05) is 25.1 Å². The Balaban J connectivity index is 1.87. The van der Waals surface area contributed by atoms with Gasteiger partial charge in [0.15, 0.2) is 13.1 Å². The maximum Gasteiger partial charge on any atom is 0.279 e. The van der Waals surface area contributed by atoms with Gasteiger partial charge in [0.25, 0.3) is 11.8 Å². The first-order valence-corrected chi connectivity index (χ1v) is 9.39. The summed E-state index contributed by atoms with van der Waals surface area (Å²) in [5, 5.41) is 3.00. The van der Waals surface area contributed by atoms with Crippen LogP contribution in [-0.4, -0.2) is 49.4 Å². The van der Waals surface area contributed by atoms with E-state index in [1.54, 1.807) is 0 Å². The summed E-state index contributed by atoms with van der Waals surface area (Å²) >= 11 is 0. The summed E-state index contributed by atoms with van der Waals surface area (Å²) < 4.78 is 0. The van der Waals surface area contributed by atoms with Crippen molar-refractivity contribution in [3.63, 3.8) is 0 Å². The first-order valence-electron chi connectivity index (χ1n) is 9.39. The van der Waals surface area contributed by atoms with Crippen LogP contribution in [0, 0.1) is 13.8 Å². The molecule has 0 radical (unpaired) electrons. The zero-order chi connectivity index (χ0) is 18.4. The van der Waals surface area contributed by atoms with Crippen molar-refractivity contribution in [2.24, 2.45) is 0 Å². The third-order valence-corrected chi connectivity index (χ3v) is 5.08. The fourth-order valence-electron chi connectivity index (χ4n) is 3.64. The SMILES string of the molecule is CC[C@H]1CCCCN1C(=O)C[NH+](C)CC(=O)Nc1c(C)cccc1C. The highest BCUT2D eigenvalue weighted by molar-refractivity contribution is 5.93. The van der Waals surface area contributed by atoms with Crippen molar-refractivity contribution < 1.29 is 14.5 Å². The summed E-state index contributed by atoms with van der Waals surface area (Å²) in [5.41, 5.74) is 3.00. The van der Waals surface area contributed by atoms with E-state index in [-0.39, 0.29) is 11.8 Å². The molecule has 2 N–H and O–H groups in total. The number of nitrogens with zero attached hydrogens (tertiary/aromatic N) is 1. The van der Waals surface area contributed by atoms with Gasteiger partial charge in [-0.05, 0) is 50.7 Å². The van der Waals surface area contributed by atoms with E-state index in [4.69, 9.17) is 0 Å². The Hall–Kier alpha value is -1.88. The Morgan fingerprint density at radius 3 is 2.52 bits per heavy atom. The molecular weight excluding hydrogens is 314 g/mol. The molecule has 1 saturated heterocycles. The largest absolute Gasteiger partial charge is 0.335 e. The van der Waals surface area contributed by atoms with Crippen LogP contribution < -0.4 is 10.2 Å². The molecule has 1 aromatic rings. The number of para-hydroxylation sites is 1. The Morgan fingerprint density at radius 2 is 1.88 bits per heavy atom. The zero-order valence-corrected chi connectivity index (χ0v) is 16.0. The number of carbonyl (C=O) groups excluding carboxylic acids is 2. The van der Waals surface area contributed by atoms with E-state index in [1.807, 2.05) is 44.0 Å². The van der Waals surface area contributed by atoms with Gasteiger partial charge in [0.1, 0.15) is 0 Å². The Kier molecular flexibility index (Phi) is 7.00. The lowest BCUT2D eigenvalue weighted by Crippen LogP contribution is -3.11. The maximum absolute atomic E-state index is 12.6. The minimum Gasteiger partial charge on any atom is -0.335 e. The van der Waals surface area contributed by atoms with Gasteiger partial charge in [-0.25, -0.2) is 0 Å². The molecule has 1 aromatic carbocycles. The van der Waals surface area contributed by atoms with Crippen LogP contribution in [0.5, 0.6) is 0 Å². The number of aryl methyl sites for hydroxylation is 2. The summed E-state index contributed by atoms with van der Waals surface area (Å²) in [6.45, 7) is 7.65. The molecule has 1 fully saturated rings. The maximum atomic E-state index is 12.6. The van der Waals surface area contributed by atoms with Crippen LogP contribution in [0.15, 0.2) is 18.2 Å². The molecule has 0 spiro atoms. The highest BCUT2D eigenvalue weighted by Gasteiger charge is 2.27. The lowest BCUT2D eigenvalue weighted by Gasteiger charge is -2.35. The van der Waals surface area contributed by atoms with Crippen LogP contribution in [0.1, 0.15) is 43.7 Å². The predicted octanol–water partition coefficient (Wildman–Crippen LogP) is 1.55. The minimum absolute atomic E-state index is 0.0478. The predicted molar refractivity (Wildman–Crippen MR) is 101 cm³/mol. The molecule has 1 aliphatic rings. The number of likely N-dealkylation sites (tertiary alicyclic amines) is 1. The second-order valence-electron chi connectivity index (χ2n) is 7.27. The van der Waals surface area contributed by atoms with Gasteiger partial charge in [-0.2, -0.15) is 0 Å². The fourth-order valence-corrected chi connectivity index (χ4v) is 3.64. The first-order chi connectivity index (χ1) is 11.9. The number of quaternary nitrogens is 1. The van der Waals surface area contributed by atoms with E-state index in [0.29, 0.717) is 19.1 Å². The van der Waals surface area contributed by atoms with E-state index in [9.17, 15) is 9.59 Å². The van der Waals surface area contributed by atoms with Gasteiger partial charge in [0, 0.05) is 18.3 Å². The molecule has 138 valence electrons. The molecule has 1 heterocycles. The summed E-state index contributed by atoms with van der Waals surface area (Å²) in [6.07, 6.45) is 4.42. The smallest absolute Gasteiger partial charge is 0.279 e. The Morgan fingerprint density at radius 1 is 1.20 bits per heavy atom. The molecule has 2 atom stereocenters. The number of benzene rings is 1. The van der Waals surface area contributed by atoms with Gasteiger partial charge < -0.3 is 15.1 Å². The number of hydrogen-bond acceptors (Lipinski definition) is 2. The fraction of sp³-hybridized carbons (Fsp3) is 0.600.